The Morgan fingerprint density at radius 1 is 1.12 bits per heavy atom. The molecule has 2 rings (SSSR count). The van der Waals surface area contributed by atoms with E-state index in [4.69, 9.17) is 0 Å². The maximum atomic E-state index is 13.2. The normalized spacial score (nSPS) is 15.9. The molecule has 0 aliphatic carbocycles. The topological polar surface area (TPSA) is 69.7 Å². The summed E-state index contributed by atoms with van der Waals surface area (Å²) in [5.41, 5.74) is 3.55. The highest BCUT2D eigenvalue weighted by molar-refractivity contribution is 7.89. The molecule has 0 saturated carbocycles. The van der Waals surface area contributed by atoms with E-state index in [1.807, 2.05) is 33.8 Å². The Bertz CT molecular complexity index is 753. The summed E-state index contributed by atoms with van der Waals surface area (Å²) in [6, 6.07) is 1.83. The number of aryl methyl sites for hydroxylation is 2. The molecule has 6 nitrogen and oxygen atoms in total. The maximum absolute atomic E-state index is 13.2. The number of sulfonamides is 1. The van der Waals surface area contributed by atoms with Crippen LogP contribution in [0.2, 0.25) is 0 Å². The number of nitrogens with one attached hydrogen (secondary N) is 1. The number of nitrogens with zero attached hydrogens (tertiary/aromatic N) is 2. The van der Waals surface area contributed by atoms with Gasteiger partial charge in [-0.05, 0) is 49.9 Å². The van der Waals surface area contributed by atoms with Gasteiger partial charge in [-0.3, -0.25) is 0 Å². The molecule has 0 spiro atoms. The van der Waals surface area contributed by atoms with Gasteiger partial charge in [0.2, 0.25) is 10.0 Å². The predicted molar refractivity (Wildman–Crippen MR) is 99.3 cm³/mol. The lowest BCUT2D eigenvalue weighted by molar-refractivity contribution is 0.173. The lowest BCUT2D eigenvalue weighted by Gasteiger charge is -2.34. The van der Waals surface area contributed by atoms with Gasteiger partial charge in [0, 0.05) is 32.7 Å². The second kappa shape index (κ2) is 7.58. The standard InChI is InChI=1S/C18H27N3O3S/c1-6-7-19-18(22)20-8-10-21(11-9-20)25(23,24)17-15(4)13(2)12-14(3)16(17)5/h6,12H,1,7-11H2,2-5H3,(H,19,22). The van der Waals surface area contributed by atoms with E-state index in [1.54, 1.807) is 11.0 Å². The first-order chi connectivity index (χ1) is 11.7. The number of piperazine rings is 1. The Labute approximate surface area is 150 Å². The maximum Gasteiger partial charge on any atom is 0.317 e. The van der Waals surface area contributed by atoms with Crippen molar-refractivity contribution in [2.45, 2.75) is 32.6 Å². The summed E-state index contributed by atoms with van der Waals surface area (Å²) in [7, 11) is -3.58. The highest BCUT2D eigenvalue weighted by atomic mass is 32.2. The van der Waals surface area contributed by atoms with E-state index in [0.29, 0.717) is 37.6 Å². The number of hydrogen-bond donors (Lipinski definition) is 1. The van der Waals surface area contributed by atoms with Crippen LogP contribution in [0.15, 0.2) is 23.6 Å². The second-order valence-corrected chi connectivity index (χ2v) is 8.33. The highest BCUT2D eigenvalue weighted by Crippen LogP contribution is 2.29. The third kappa shape index (κ3) is 3.88. The molecule has 0 bridgehead atoms. The van der Waals surface area contributed by atoms with Crippen molar-refractivity contribution < 1.29 is 13.2 Å². The molecule has 1 aliphatic rings. The molecule has 1 saturated heterocycles. The molecule has 2 amide bonds. The largest absolute Gasteiger partial charge is 0.335 e. The Kier molecular flexibility index (Phi) is 5.90. The average Bonchev–Trinajstić information content (AvgIpc) is 2.58. The highest BCUT2D eigenvalue weighted by Gasteiger charge is 2.32. The Hall–Kier alpha value is -1.86. The SMILES string of the molecule is C=CCNC(=O)N1CCN(S(=O)(=O)c2c(C)c(C)cc(C)c2C)CC1. The summed E-state index contributed by atoms with van der Waals surface area (Å²) in [6.45, 7) is 12.9. The second-order valence-electron chi connectivity index (χ2n) is 6.46. The fourth-order valence-electron chi connectivity index (χ4n) is 3.10. The summed E-state index contributed by atoms with van der Waals surface area (Å²) < 4.78 is 27.8. The molecule has 1 heterocycles. The molecule has 138 valence electrons. The predicted octanol–water partition coefficient (Wildman–Crippen LogP) is 2.12. The number of benzene rings is 1. The van der Waals surface area contributed by atoms with Crippen molar-refractivity contribution in [3.8, 4) is 0 Å². The fourth-order valence-corrected chi connectivity index (χ4v) is 5.10. The smallest absolute Gasteiger partial charge is 0.317 e. The van der Waals surface area contributed by atoms with Gasteiger partial charge in [-0.1, -0.05) is 12.1 Å². The molecule has 25 heavy (non-hydrogen) atoms. The molecular weight excluding hydrogens is 338 g/mol. The minimum atomic E-state index is -3.58. The molecule has 1 aromatic rings. The average molecular weight is 365 g/mol. The van der Waals surface area contributed by atoms with E-state index in [1.165, 1.54) is 4.31 Å². The van der Waals surface area contributed by atoms with Crippen LogP contribution in [0.5, 0.6) is 0 Å². The van der Waals surface area contributed by atoms with Crippen LogP contribution >= 0.6 is 0 Å². The van der Waals surface area contributed by atoms with Crippen molar-refractivity contribution in [2.24, 2.45) is 0 Å². The van der Waals surface area contributed by atoms with Crippen LogP contribution in [0.1, 0.15) is 22.3 Å². The van der Waals surface area contributed by atoms with E-state index in [9.17, 15) is 13.2 Å². The van der Waals surface area contributed by atoms with E-state index in [2.05, 4.69) is 11.9 Å². The molecule has 0 radical (unpaired) electrons. The molecule has 7 heteroatoms. The van der Waals surface area contributed by atoms with Crippen LogP contribution < -0.4 is 5.32 Å². The molecular formula is C18H27N3O3S. The van der Waals surface area contributed by atoms with E-state index in [0.717, 1.165) is 22.3 Å². The monoisotopic (exact) mass is 365 g/mol. The quantitative estimate of drug-likeness (QED) is 0.831. The lowest BCUT2D eigenvalue weighted by atomic mass is 10.0. The van der Waals surface area contributed by atoms with Gasteiger partial charge in [0.1, 0.15) is 0 Å². The van der Waals surface area contributed by atoms with E-state index in [-0.39, 0.29) is 6.03 Å². The fraction of sp³-hybridized carbons (Fsp3) is 0.500. The Morgan fingerprint density at radius 3 is 2.12 bits per heavy atom. The summed E-state index contributed by atoms with van der Waals surface area (Å²) in [5, 5.41) is 2.72. The minimum Gasteiger partial charge on any atom is -0.335 e. The summed E-state index contributed by atoms with van der Waals surface area (Å²) in [6.07, 6.45) is 1.62. The van der Waals surface area contributed by atoms with Crippen molar-refractivity contribution in [2.75, 3.05) is 32.7 Å². The first-order valence-electron chi connectivity index (χ1n) is 8.41. The number of rotatable bonds is 4. The van der Waals surface area contributed by atoms with Crippen LogP contribution in [0.3, 0.4) is 0 Å². The van der Waals surface area contributed by atoms with Crippen molar-refractivity contribution >= 4 is 16.1 Å². The number of hydrogen-bond acceptors (Lipinski definition) is 3. The molecule has 0 atom stereocenters. The molecule has 1 fully saturated rings. The third-order valence-corrected chi connectivity index (χ3v) is 6.99. The van der Waals surface area contributed by atoms with Gasteiger partial charge < -0.3 is 10.2 Å². The van der Waals surface area contributed by atoms with Crippen LogP contribution in [-0.4, -0.2) is 56.4 Å². The zero-order chi connectivity index (χ0) is 18.8. The van der Waals surface area contributed by atoms with Gasteiger partial charge in [-0.25, -0.2) is 13.2 Å². The van der Waals surface area contributed by atoms with Crippen LogP contribution in [0.25, 0.3) is 0 Å². The number of carbonyl (C=O) groups excluding carboxylic acids is 1. The van der Waals surface area contributed by atoms with Crippen molar-refractivity contribution in [1.29, 1.82) is 0 Å². The van der Waals surface area contributed by atoms with Crippen LogP contribution in [-0.2, 0) is 10.0 Å². The Morgan fingerprint density at radius 2 is 1.64 bits per heavy atom. The summed E-state index contributed by atoms with van der Waals surface area (Å²) >= 11 is 0. The molecule has 1 N–H and O–H groups in total. The zero-order valence-electron chi connectivity index (χ0n) is 15.4. The van der Waals surface area contributed by atoms with Gasteiger partial charge >= 0.3 is 6.03 Å². The van der Waals surface area contributed by atoms with Gasteiger partial charge in [0.05, 0.1) is 4.90 Å². The van der Waals surface area contributed by atoms with E-state index >= 15 is 0 Å². The lowest BCUT2D eigenvalue weighted by Crippen LogP contribution is -2.53. The van der Waals surface area contributed by atoms with E-state index < -0.39 is 10.0 Å². The van der Waals surface area contributed by atoms with Gasteiger partial charge in [0.25, 0.3) is 0 Å². The number of urea groups is 1. The Balaban J connectivity index is 2.21. The van der Waals surface area contributed by atoms with Gasteiger partial charge in [-0.2, -0.15) is 4.31 Å². The van der Waals surface area contributed by atoms with Crippen LogP contribution in [0.4, 0.5) is 4.79 Å². The van der Waals surface area contributed by atoms with Crippen molar-refractivity contribution in [3.05, 3.63) is 41.0 Å². The molecule has 1 aromatic carbocycles. The molecule has 0 aromatic heterocycles. The first-order valence-corrected chi connectivity index (χ1v) is 9.85. The van der Waals surface area contributed by atoms with Gasteiger partial charge in [-0.15, -0.1) is 6.58 Å². The van der Waals surface area contributed by atoms with Gasteiger partial charge in [0.15, 0.2) is 0 Å². The minimum absolute atomic E-state index is 0.185. The zero-order valence-corrected chi connectivity index (χ0v) is 16.2. The number of carbonyl (C=O) groups is 1. The number of amides is 2. The summed E-state index contributed by atoms with van der Waals surface area (Å²) in [5.74, 6) is 0. The molecule has 1 aliphatic heterocycles. The van der Waals surface area contributed by atoms with Crippen molar-refractivity contribution in [1.82, 2.24) is 14.5 Å². The third-order valence-electron chi connectivity index (χ3n) is 4.82. The first kappa shape index (κ1) is 19.5. The van der Waals surface area contributed by atoms with Crippen LogP contribution in [0, 0.1) is 27.7 Å². The summed E-state index contributed by atoms with van der Waals surface area (Å²) in [4.78, 5) is 14.0. The van der Waals surface area contributed by atoms with Crippen molar-refractivity contribution in [3.63, 3.8) is 0 Å². The molecule has 0 unspecified atom stereocenters.